The van der Waals surface area contributed by atoms with Crippen LogP contribution < -0.4 is 5.32 Å². The summed E-state index contributed by atoms with van der Waals surface area (Å²) in [4.78, 5) is 15.7. The van der Waals surface area contributed by atoms with Gasteiger partial charge in [-0.3, -0.25) is 9.79 Å². The first-order chi connectivity index (χ1) is 8.23. The Bertz CT molecular complexity index is 433. The fraction of sp³-hybridized carbons (Fsp3) is 0.429. The highest BCUT2D eigenvalue weighted by Crippen LogP contribution is 2.33. The Labute approximate surface area is 102 Å². The van der Waals surface area contributed by atoms with Gasteiger partial charge in [-0.25, -0.2) is 0 Å². The van der Waals surface area contributed by atoms with E-state index in [1.807, 2.05) is 18.2 Å². The van der Waals surface area contributed by atoms with Gasteiger partial charge < -0.3 is 5.32 Å². The number of amides is 1. The first kappa shape index (κ1) is 11.8. The number of hydrogen-bond donors (Lipinski definition) is 1. The van der Waals surface area contributed by atoms with Gasteiger partial charge in [0, 0.05) is 0 Å². The summed E-state index contributed by atoms with van der Waals surface area (Å²) in [5.41, 5.74) is 1.08. The van der Waals surface area contributed by atoms with E-state index >= 15 is 0 Å². The van der Waals surface area contributed by atoms with E-state index in [9.17, 15) is 4.79 Å². The van der Waals surface area contributed by atoms with Crippen molar-refractivity contribution >= 4 is 11.7 Å². The normalized spacial score (nSPS) is 15.6. The third-order valence-corrected chi connectivity index (χ3v) is 3.63. The molecule has 1 N–H and O–H groups in total. The molecule has 1 heterocycles. The molecule has 3 nitrogen and oxygen atoms in total. The van der Waals surface area contributed by atoms with Gasteiger partial charge in [-0.2, -0.15) is 0 Å². The Morgan fingerprint density at radius 3 is 2.35 bits per heavy atom. The average Bonchev–Trinajstić information content (AvgIpc) is 2.80. The maximum Gasteiger partial charge on any atom is 0.247 e. The summed E-state index contributed by atoms with van der Waals surface area (Å²) < 4.78 is 0. The van der Waals surface area contributed by atoms with Gasteiger partial charge in [0.1, 0.15) is 12.4 Å². The molecule has 1 aromatic carbocycles. The van der Waals surface area contributed by atoms with Crippen LogP contribution in [0.3, 0.4) is 0 Å². The van der Waals surface area contributed by atoms with Crippen molar-refractivity contribution in [3.63, 3.8) is 0 Å². The summed E-state index contributed by atoms with van der Waals surface area (Å²) >= 11 is 0. The van der Waals surface area contributed by atoms with Crippen molar-refractivity contribution in [2.45, 2.75) is 32.1 Å². The number of benzene rings is 1. The number of hydrogen-bond acceptors (Lipinski definition) is 2. The van der Waals surface area contributed by atoms with Crippen LogP contribution in [-0.2, 0) is 10.2 Å². The molecule has 90 valence electrons. The van der Waals surface area contributed by atoms with Gasteiger partial charge in [-0.05, 0) is 18.4 Å². The second-order valence-corrected chi connectivity index (χ2v) is 4.37. The predicted octanol–water partition coefficient (Wildman–Crippen LogP) is 2.27. The summed E-state index contributed by atoms with van der Waals surface area (Å²) in [5, 5.41) is 2.91. The molecule has 0 saturated heterocycles. The molecule has 3 heteroatoms. The fourth-order valence-electron chi connectivity index (χ4n) is 2.52. The zero-order valence-corrected chi connectivity index (χ0v) is 10.4. The lowest BCUT2D eigenvalue weighted by Gasteiger charge is -2.32. The number of rotatable bonds is 4. The molecule has 1 aliphatic heterocycles. The average molecular weight is 230 g/mol. The standard InChI is InChI=1S/C14H18N2O/c1-3-14(4-2,11-8-6-5-7-9-11)13-15-10-12(17)16-13/h5-9H,3-4,10H2,1-2H3,(H,15,16,17). The van der Waals surface area contributed by atoms with Crippen LogP contribution in [0.5, 0.6) is 0 Å². The molecule has 0 spiro atoms. The Morgan fingerprint density at radius 1 is 1.24 bits per heavy atom. The smallest absolute Gasteiger partial charge is 0.247 e. The lowest BCUT2D eigenvalue weighted by atomic mass is 9.74. The molecule has 17 heavy (non-hydrogen) atoms. The van der Waals surface area contributed by atoms with Crippen molar-refractivity contribution in [1.82, 2.24) is 5.32 Å². The van der Waals surface area contributed by atoms with E-state index in [2.05, 4.69) is 36.3 Å². The van der Waals surface area contributed by atoms with Crippen LogP contribution in [0.1, 0.15) is 32.3 Å². The van der Waals surface area contributed by atoms with Gasteiger partial charge in [0.2, 0.25) is 5.91 Å². The van der Waals surface area contributed by atoms with Crippen molar-refractivity contribution in [1.29, 1.82) is 0 Å². The number of nitrogens with zero attached hydrogens (tertiary/aromatic N) is 1. The van der Waals surface area contributed by atoms with Crippen LogP contribution in [-0.4, -0.2) is 18.3 Å². The van der Waals surface area contributed by atoms with E-state index in [-0.39, 0.29) is 17.9 Å². The number of carbonyl (C=O) groups excluding carboxylic acids is 1. The van der Waals surface area contributed by atoms with E-state index in [4.69, 9.17) is 0 Å². The summed E-state index contributed by atoms with van der Waals surface area (Å²) in [7, 11) is 0. The molecule has 0 aliphatic carbocycles. The highest BCUT2D eigenvalue weighted by Gasteiger charge is 2.37. The Morgan fingerprint density at radius 2 is 1.88 bits per heavy atom. The van der Waals surface area contributed by atoms with Gasteiger partial charge in [0.15, 0.2) is 0 Å². The van der Waals surface area contributed by atoms with Crippen molar-refractivity contribution < 1.29 is 4.79 Å². The fourth-order valence-corrected chi connectivity index (χ4v) is 2.52. The summed E-state index contributed by atoms with van der Waals surface area (Å²) in [6.45, 7) is 4.55. The van der Waals surface area contributed by atoms with E-state index in [0.29, 0.717) is 0 Å². The molecule has 0 aromatic heterocycles. The summed E-state index contributed by atoms with van der Waals surface area (Å²) in [6.07, 6.45) is 1.87. The molecule has 0 atom stereocenters. The van der Waals surface area contributed by atoms with Crippen LogP contribution in [0.4, 0.5) is 0 Å². The van der Waals surface area contributed by atoms with Crippen molar-refractivity contribution in [3.8, 4) is 0 Å². The molecule has 1 amide bonds. The van der Waals surface area contributed by atoms with E-state index in [0.717, 1.165) is 18.7 Å². The van der Waals surface area contributed by atoms with Crippen LogP contribution >= 0.6 is 0 Å². The van der Waals surface area contributed by atoms with Crippen molar-refractivity contribution in [2.24, 2.45) is 4.99 Å². The largest absolute Gasteiger partial charge is 0.312 e. The van der Waals surface area contributed by atoms with Crippen LogP contribution in [0, 0.1) is 0 Å². The lowest BCUT2D eigenvalue weighted by molar-refractivity contribution is -0.117. The number of amidine groups is 1. The molecule has 0 unspecified atom stereocenters. The predicted molar refractivity (Wildman–Crippen MR) is 69.1 cm³/mol. The molecule has 0 bridgehead atoms. The maximum atomic E-state index is 11.3. The second-order valence-electron chi connectivity index (χ2n) is 4.37. The van der Waals surface area contributed by atoms with Crippen LogP contribution in [0.25, 0.3) is 0 Å². The molecule has 0 radical (unpaired) electrons. The topological polar surface area (TPSA) is 41.5 Å². The van der Waals surface area contributed by atoms with E-state index in [1.54, 1.807) is 0 Å². The second kappa shape index (κ2) is 4.70. The van der Waals surface area contributed by atoms with Gasteiger partial charge in [-0.1, -0.05) is 44.2 Å². The highest BCUT2D eigenvalue weighted by molar-refractivity contribution is 6.08. The number of carbonyl (C=O) groups is 1. The summed E-state index contributed by atoms with van der Waals surface area (Å²) in [6, 6.07) is 10.3. The maximum absolute atomic E-state index is 11.3. The molecular formula is C14H18N2O. The van der Waals surface area contributed by atoms with Gasteiger partial charge in [0.05, 0.1) is 5.41 Å². The SMILES string of the molecule is CCC(CC)(C1=NCC(=O)N1)c1ccccc1. The first-order valence-electron chi connectivity index (χ1n) is 6.13. The van der Waals surface area contributed by atoms with Crippen molar-refractivity contribution in [3.05, 3.63) is 35.9 Å². The molecule has 0 saturated carbocycles. The number of aliphatic imine (C=N–C) groups is 1. The zero-order chi connectivity index (χ0) is 12.3. The minimum atomic E-state index is -0.145. The third kappa shape index (κ3) is 1.97. The molecule has 0 fully saturated rings. The van der Waals surface area contributed by atoms with Gasteiger partial charge in [0.25, 0.3) is 0 Å². The lowest BCUT2D eigenvalue weighted by Crippen LogP contribution is -2.43. The number of nitrogens with one attached hydrogen (secondary N) is 1. The van der Waals surface area contributed by atoms with Crippen molar-refractivity contribution in [2.75, 3.05) is 6.54 Å². The summed E-state index contributed by atoms with van der Waals surface area (Å²) in [5.74, 6) is 0.834. The Kier molecular flexibility index (Phi) is 3.27. The van der Waals surface area contributed by atoms with Crippen LogP contribution in [0.15, 0.2) is 35.3 Å². The Hall–Kier alpha value is -1.64. The minimum absolute atomic E-state index is 0.00204. The molecule has 2 rings (SSSR count). The van der Waals surface area contributed by atoms with Crippen LogP contribution in [0.2, 0.25) is 0 Å². The highest BCUT2D eigenvalue weighted by atomic mass is 16.2. The van der Waals surface area contributed by atoms with E-state index in [1.165, 1.54) is 5.56 Å². The van der Waals surface area contributed by atoms with Gasteiger partial charge >= 0.3 is 0 Å². The van der Waals surface area contributed by atoms with E-state index < -0.39 is 0 Å². The zero-order valence-electron chi connectivity index (χ0n) is 10.4. The first-order valence-corrected chi connectivity index (χ1v) is 6.13. The van der Waals surface area contributed by atoms with Gasteiger partial charge in [-0.15, -0.1) is 0 Å². The third-order valence-electron chi connectivity index (χ3n) is 3.63. The molecular weight excluding hydrogens is 212 g/mol. The molecule has 1 aromatic rings. The monoisotopic (exact) mass is 230 g/mol. The Balaban J connectivity index is 2.43. The minimum Gasteiger partial charge on any atom is -0.312 e. The molecule has 1 aliphatic rings. The quantitative estimate of drug-likeness (QED) is 0.847.